The van der Waals surface area contributed by atoms with Gasteiger partial charge in [0.1, 0.15) is 5.76 Å². The van der Waals surface area contributed by atoms with E-state index in [2.05, 4.69) is 6.58 Å². The molecule has 108 valence electrons. The summed E-state index contributed by atoms with van der Waals surface area (Å²) in [6, 6.07) is 0. The van der Waals surface area contributed by atoms with Gasteiger partial charge in [-0.15, -0.1) is 0 Å². The van der Waals surface area contributed by atoms with Gasteiger partial charge >= 0.3 is 5.97 Å². The van der Waals surface area contributed by atoms with E-state index in [1.807, 2.05) is 19.9 Å². The molecule has 0 bridgehead atoms. The SMILES string of the molecule is C=CC(=O)OC1(CC=C(C)C)C=CC(OC)=C(C)C1=O. The van der Waals surface area contributed by atoms with E-state index in [9.17, 15) is 9.59 Å². The fraction of sp³-hybridized carbons (Fsp3) is 0.375. The van der Waals surface area contributed by atoms with E-state index in [1.54, 1.807) is 19.1 Å². The third-order valence-electron chi connectivity index (χ3n) is 3.08. The largest absolute Gasteiger partial charge is 0.496 e. The molecule has 0 amide bonds. The number of Topliss-reactive ketones (excluding diaryl/α,β-unsaturated/α-hetero) is 1. The molecule has 0 aromatic rings. The van der Waals surface area contributed by atoms with E-state index < -0.39 is 11.6 Å². The second-order valence-corrected chi connectivity index (χ2v) is 4.86. The number of methoxy groups -OCH3 is 1. The van der Waals surface area contributed by atoms with Crippen molar-refractivity contribution in [1.29, 1.82) is 0 Å². The molecule has 0 spiro atoms. The van der Waals surface area contributed by atoms with Crippen LogP contribution in [0.3, 0.4) is 0 Å². The van der Waals surface area contributed by atoms with Crippen LogP contribution in [0, 0.1) is 0 Å². The molecule has 0 radical (unpaired) electrons. The first kappa shape index (κ1) is 16.0. The Kier molecular flexibility index (Phi) is 5.08. The maximum absolute atomic E-state index is 12.6. The third kappa shape index (κ3) is 3.26. The minimum absolute atomic E-state index is 0.274. The number of hydrogen-bond donors (Lipinski definition) is 0. The first-order valence-corrected chi connectivity index (χ1v) is 6.34. The van der Waals surface area contributed by atoms with Gasteiger partial charge in [0.25, 0.3) is 0 Å². The number of rotatable bonds is 5. The Balaban J connectivity index is 3.20. The number of ether oxygens (including phenoxy) is 2. The van der Waals surface area contributed by atoms with Gasteiger partial charge in [-0.2, -0.15) is 0 Å². The molecule has 0 N–H and O–H groups in total. The third-order valence-corrected chi connectivity index (χ3v) is 3.08. The van der Waals surface area contributed by atoms with Crippen molar-refractivity contribution in [3.8, 4) is 0 Å². The van der Waals surface area contributed by atoms with Crippen molar-refractivity contribution in [2.24, 2.45) is 0 Å². The average Bonchev–Trinajstić information content (AvgIpc) is 2.42. The van der Waals surface area contributed by atoms with Crippen molar-refractivity contribution in [3.63, 3.8) is 0 Å². The normalized spacial score (nSPS) is 21.5. The lowest BCUT2D eigenvalue weighted by Gasteiger charge is -2.31. The Morgan fingerprint density at radius 3 is 2.60 bits per heavy atom. The molecular weight excluding hydrogens is 256 g/mol. The molecule has 0 saturated heterocycles. The first-order valence-electron chi connectivity index (χ1n) is 6.34. The summed E-state index contributed by atoms with van der Waals surface area (Å²) in [4.78, 5) is 24.1. The molecule has 0 saturated carbocycles. The lowest BCUT2D eigenvalue weighted by molar-refractivity contribution is -0.156. The second-order valence-electron chi connectivity index (χ2n) is 4.86. The molecule has 20 heavy (non-hydrogen) atoms. The number of esters is 1. The highest BCUT2D eigenvalue weighted by molar-refractivity contribution is 6.06. The van der Waals surface area contributed by atoms with E-state index >= 15 is 0 Å². The van der Waals surface area contributed by atoms with Crippen LogP contribution in [0.4, 0.5) is 0 Å². The quantitative estimate of drug-likeness (QED) is 0.440. The number of ketones is 1. The van der Waals surface area contributed by atoms with Crippen LogP contribution in [-0.4, -0.2) is 24.5 Å². The highest BCUT2D eigenvalue weighted by Crippen LogP contribution is 2.31. The molecular formula is C16H20O4. The van der Waals surface area contributed by atoms with Gasteiger partial charge in [0.15, 0.2) is 5.60 Å². The lowest BCUT2D eigenvalue weighted by atomic mass is 9.84. The minimum atomic E-state index is -1.31. The predicted molar refractivity (Wildman–Crippen MR) is 76.9 cm³/mol. The summed E-state index contributed by atoms with van der Waals surface area (Å²) < 4.78 is 10.4. The maximum atomic E-state index is 12.6. The van der Waals surface area contributed by atoms with Gasteiger partial charge in [-0.3, -0.25) is 4.79 Å². The summed E-state index contributed by atoms with van der Waals surface area (Å²) in [6.45, 7) is 8.86. The molecule has 0 aromatic heterocycles. The van der Waals surface area contributed by atoms with Crippen molar-refractivity contribution < 1.29 is 19.1 Å². The summed E-state index contributed by atoms with van der Waals surface area (Å²) in [7, 11) is 1.50. The standard InChI is InChI=1S/C16H20O4/c1-6-14(17)20-16(9-7-11(2)3)10-8-13(19-5)12(4)15(16)18/h6-8,10H,1,9H2,2-5H3. The van der Waals surface area contributed by atoms with Crippen LogP contribution >= 0.6 is 0 Å². The molecule has 1 unspecified atom stereocenters. The van der Waals surface area contributed by atoms with Gasteiger partial charge in [0, 0.05) is 18.1 Å². The summed E-state index contributed by atoms with van der Waals surface area (Å²) in [5.74, 6) is -0.416. The summed E-state index contributed by atoms with van der Waals surface area (Å²) >= 11 is 0. The molecule has 1 aliphatic carbocycles. The molecule has 4 heteroatoms. The summed E-state index contributed by atoms with van der Waals surface area (Å²) in [5, 5.41) is 0. The Morgan fingerprint density at radius 1 is 1.45 bits per heavy atom. The van der Waals surface area contributed by atoms with Gasteiger partial charge in [0.05, 0.1) is 7.11 Å². The average molecular weight is 276 g/mol. The fourth-order valence-electron chi connectivity index (χ4n) is 1.92. The first-order chi connectivity index (χ1) is 9.36. The molecule has 0 aromatic carbocycles. The highest BCUT2D eigenvalue weighted by atomic mass is 16.6. The molecule has 0 aliphatic heterocycles. The van der Waals surface area contributed by atoms with Crippen molar-refractivity contribution >= 4 is 11.8 Å². The zero-order chi connectivity index (χ0) is 15.3. The van der Waals surface area contributed by atoms with Crippen LogP contribution in [0.5, 0.6) is 0 Å². The molecule has 4 nitrogen and oxygen atoms in total. The van der Waals surface area contributed by atoms with E-state index in [0.717, 1.165) is 11.6 Å². The zero-order valence-electron chi connectivity index (χ0n) is 12.4. The van der Waals surface area contributed by atoms with Gasteiger partial charge in [0.2, 0.25) is 5.78 Å². The van der Waals surface area contributed by atoms with Crippen molar-refractivity contribution in [3.05, 3.63) is 47.8 Å². The zero-order valence-corrected chi connectivity index (χ0v) is 12.4. The van der Waals surface area contributed by atoms with Gasteiger partial charge in [-0.1, -0.05) is 18.2 Å². The van der Waals surface area contributed by atoms with E-state index in [1.165, 1.54) is 7.11 Å². The molecule has 1 atom stereocenters. The number of hydrogen-bond acceptors (Lipinski definition) is 4. The van der Waals surface area contributed by atoms with Crippen LogP contribution in [0.25, 0.3) is 0 Å². The molecule has 0 fully saturated rings. The van der Waals surface area contributed by atoms with Crippen LogP contribution in [0.15, 0.2) is 47.8 Å². The maximum Gasteiger partial charge on any atom is 0.331 e. The van der Waals surface area contributed by atoms with Crippen molar-refractivity contribution in [2.75, 3.05) is 7.11 Å². The van der Waals surface area contributed by atoms with E-state index in [4.69, 9.17) is 9.47 Å². The van der Waals surface area contributed by atoms with Crippen molar-refractivity contribution in [2.45, 2.75) is 32.8 Å². The Hall–Kier alpha value is -2.10. The van der Waals surface area contributed by atoms with E-state index in [-0.39, 0.29) is 5.78 Å². The smallest absolute Gasteiger partial charge is 0.331 e. The van der Waals surface area contributed by atoms with Crippen molar-refractivity contribution in [1.82, 2.24) is 0 Å². The molecule has 1 rings (SSSR count). The Bertz CT molecular complexity index is 519. The van der Waals surface area contributed by atoms with Crippen LogP contribution < -0.4 is 0 Å². The topological polar surface area (TPSA) is 52.6 Å². The predicted octanol–water partition coefficient (Wildman–Crippen LogP) is 2.87. The van der Waals surface area contributed by atoms with Gasteiger partial charge < -0.3 is 9.47 Å². The summed E-state index contributed by atoms with van der Waals surface area (Å²) in [6.07, 6.45) is 6.44. The summed E-state index contributed by atoms with van der Waals surface area (Å²) in [5.41, 5.74) is 0.169. The number of carbonyl (C=O) groups is 2. The molecule has 0 heterocycles. The second kappa shape index (κ2) is 6.37. The Morgan fingerprint density at radius 2 is 2.10 bits per heavy atom. The Labute approximate surface area is 119 Å². The van der Waals surface area contributed by atoms with Crippen LogP contribution in [-0.2, 0) is 19.1 Å². The van der Waals surface area contributed by atoms with Gasteiger partial charge in [-0.05, 0) is 32.9 Å². The lowest BCUT2D eigenvalue weighted by Crippen LogP contribution is -2.43. The highest BCUT2D eigenvalue weighted by Gasteiger charge is 2.42. The van der Waals surface area contributed by atoms with E-state index in [0.29, 0.717) is 17.8 Å². The monoisotopic (exact) mass is 276 g/mol. The van der Waals surface area contributed by atoms with Crippen LogP contribution in [0.2, 0.25) is 0 Å². The number of allylic oxidation sites excluding steroid dienone is 2. The molecule has 1 aliphatic rings. The van der Waals surface area contributed by atoms with Crippen LogP contribution in [0.1, 0.15) is 27.2 Å². The fourth-order valence-corrected chi connectivity index (χ4v) is 1.92. The number of carbonyl (C=O) groups excluding carboxylic acids is 2. The van der Waals surface area contributed by atoms with Gasteiger partial charge in [-0.25, -0.2) is 4.79 Å². The minimum Gasteiger partial charge on any atom is -0.496 e.